The lowest BCUT2D eigenvalue weighted by Gasteiger charge is -2.34. The standard InChI is InChI=1S/C13H17NO3/c1-13(9-14-12(15)8-17-13)7-10-5-3-4-6-11(10)16-2/h3-6H,7-9H2,1-2H3,(H,14,15). The van der Waals surface area contributed by atoms with E-state index in [0.717, 1.165) is 17.7 Å². The molecule has 92 valence electrons. The normalized spacial score (nSPS) is 24.2. The Bertz CT molecular complexity index is 407. The number of benzene rings is 1. The molecule has 0 aliphatic carbocycles. The molecule has 0 aromatic heterocycles. The van der Waals surface area contributed by atoms with E-state index in [4.69, 9.17) is 9.47 Å². The molecule has 1 aliphatic heterocycles. The first-order chi connectivity index (χ1) is 8.13. The molecule has 1 N–H and O–H groups in total. The predicted molar refractivity (Wildman–Crippen MR) is 64.1 cm³/mol. The molecule has 1 saturated heterocycles. The smallest absolute Gasteiger partial charge is 0.246 e. The molecule has 1 aromatic rings. The number of hydrogen-bond donors (Lipinski definition) is 1. The lowest BCUT2D eigenvalue weighted by molar-refractivity contribution is -0.141. The highest BCUT2D eigenvalue weighted by Gasteiger charge is 2.31. The van der Waals surface area contributed by atoms with Crippen molar-refractivity contribution in [2.24, 2.45) is 0 Å². The molecule has 0 bridgehead atoms. The molecule has 1 amide bonds. The topological polar surface area (TPSA) is 47.6 Å². The van der Waals surface area contributed by atoms with E-state index in [1.165, 1.54) is 0 Å². The highest BCUT2D eigenvalue weighted by atomic mass is 16.5. The number of ether oxygens (including phenoxy) is 2. The molecule has 4 heteroatoms. The van der Waals surface area contributed by atoms with Gasteiger partial charge in [0.1, 0.15) is 12.4 Å². The maximum absolute atomic E-state index is 11.1. The summed E-state index contributed by atoms with van der Waals surface area (Å²) in [5, 5.41) is 2.83. The van der Waals surface area contributed by atoms with Crippen molar-refractivity contribution in [1.29, 1.82) is 0 Å². The zero-order valence-corrected chi connectivity index (χ0v) is 10.2. The molecular weight excluding hydrogens is 218 g/mol. The summed E-state index contributed by atoms with van der Waals surface area (Å²) in [5.74, 6) is 0.803. The molecular formula is C13H17NO3. The minimum Gasteiger partial charge on any atom is -0.496 e. The zero-order valence-electron chi connectivity index (χ0n) is 10.2. The van der Waals surface area contributed by atoms with Crippen molar-refractivity contribution in [3.8, 4) is 5.75 Å². The second kappa shape index (κ2) is 4.75. The Morgan fingerprint density at radius 1 is 1.47 bits per heavy atom. The number of rotatable bonds is 3. The summed E-state index contributed by atoms with van der Waals surface area (Å²) in [6.07, 6.45) is 0.720. The third-order valence-corrected chi connectivity index (χ3v) is 2.97. The Morgan fingerprint density at radius 2 is 2.24 bits per heavy atom. The average Bonchev–Trinajstić information content (AvgIpc) is 2.34. The molecule has 0 radical (unpaired) electrons. The summed E-state index contributed by atoms with van der Waals surface area (Å²) < 4.78 is 10.9. The Balaban J connectivity index is 2.12. The van der Waals surface area contributed by atoms with Crippen LogP contribution in [0.25, 0.3) is 0 Å². The van der Waals surface area contributed by atoms with Gasteiger partial charge in [-0.15, -0.1) is 0 Å². The summed E-state index contributed by atoms with van der Waals surface area (Å²) in [5.41, 5.74) is 0.733. The second-order valence-electron chi connectivity index (χ2n) is 4.50. The van der Waals surface area contributed by atoms with Crippen LogP contribution in [0.2, 0.25) is 0 Å². The van der Waals surface area contributed by atoms with Gasteiger partial charge in [-0.05, 0) is 18.6 Å². The fourth-order valence-corrected chi connectivity index (χ4v) is 1.99. The van der Waals surface area contributed by atoms with Gasteiger partial charge in [-0.2, -0.15) is 0 Å². The SMILES string of the molecule is COc1ccccc1CC1(C)CNC(=O)CO1. The molecule has 4 nitrogen and oxygen atoms in total. The fourth-order valence-electron chi connectivity index (χ4n) is 1.99. The first-order valence-corrected chi connectivity index (χ1v) is 5.65. The van der Waals surface area contributed by atoms with Crippen molar-refractivity contribution in [3.05, 3.63) is 29.8 Å². The number of para-hydroxylation sites is 1. The van der Waals surface area contributed by atoms with Crippen LogP contribution in [-0.2, 0) is 16.0 Å². The summed E-state index contributed by atoms with van der Waals surface area (Å²) in [7, 11) is 1.66. The van der Waals surface area contributed by atoms with Crippen LogP contribution < -0.4 is 10.1 Å². The van der Waals surface area contributed by atoms with E-state index < -0.39 is 0 Å². The molecule has 17 heavy (non-hydrogen) atoms. The minimum absolute atomic E-state index is 0.0532. The maximum Gasteiger partial charge on any atom is 0.246 e. The van der Waals surface area contributed by atoms with E-state index >= 15 is 0 Å². The van der Waals surface area contributed by atoms with Crippen molar-refractivity contribution >= 4 is 5.91 Å². The largest absolute Gasteiger partial charge is 0.496 e. The number of carbonyl (C=O) groups is 1. The molecule has 1 unspecified atom stereocenters. The van der Waals surface area contributed by atoms with Gasteiger partial charge in [0, 0.05) is 13.0 Å². The molecule has 2 rings (SSSR count). The van der Waals surface area contributed by atoms with Gasteiger partial charge in [0.25, 0.3) is 0 Å². The Morgan fingerprint density at radius 3 is 2.88 bits per heavy atom. The lowest BCUT2D eigenvalue weighted by atomic mass is 9.94. The highest BCUT2D eigenvalue weighted by molar-refractivity contribution is 5.78. The van der Waals surface area contributed by atoms with Crippen molar-refractivity contribution in [2.75, 3.05) is 20.3 Å². The number of morpholine rings is 1. The summed E-state index contributed by atoms with van der Waals surface area (Å²) in [4.78, 5) is 11.1. The highest BCUT2D eigenvalue weighted by Crippen LogP contribution is 2.25. The molecule has 1 aliphatic rings. The first kappa shape index (κ1) is 11.9. The van der Waals surface area contributed by atoms with Crippen molar-refractivity contribution in [2.45, 2.75) is 18.9 Å². The fraction of sp³-hybridized carbons (Fsp3) is 0.462. The summed E-state index contributed by atoms with van der Waals surface area (Å²) >= 11 is 0. The molecule has 0 spiro atoms. The Hall–Kier alpha value is -1.55. The third-order valence-electron chi connectivity index (χ3n) is 2.97. The van der Waals surface area contributed by atoms with Crippen LogP contribution in [0.15, 0.2) is 24.3 Å². The Labute approximate surface area is 101 Å². The van der Waals surface area contributed by atoms with E-state index in [9.17, 15) is 4.79 Å². The monoisotopic (exact) mass is 235 g/mol. The molecule has 1 fully saturated rings. The summed E-state index contributed by atoms with van der Waals surface area (Å²) in [6, 6.07) is 7.86. The molecule has 1 heterocycles. The van der Waals surface area contributed by atoms with Crippen molar-refractivity contribution < 1.29 is 14.3 Å². The number of hydrogen-bond acceptors (Lipinski definition) is 3. The van der Waals surface area contributed by atoms with Crippen LogP contribution in [0.5, 0.6) is 5.75 Å². The number of amides is 1. The zero-order chi connectivity index (χ0) is 12.3. The van der Waals surface area contributed by atoms with E-state index in [2.05, 4.69) is 5.32 Å². The van der Waals surface area contributed by atoms with Crippen LogP contribution in [-0.4, -0.2) is 31.8 Å². The van der Waals surface area contributed by atoms with Crippen LogP contribution in [0.1, 0.15) is 12.5 Å². The van der Waals surface area contributed by atoms with Gasteiger partial charge in [0.2, 0.25) is 5.91 Å². The lowest BCUT2D eigenvalue weighted by Crippen LogP contribution is -2.51. The first-order valence-electron chi connectivity index (χ1n) is 5.65. The van der Waals surface area contributed by atoms with Crippen LogP contribution in [0.3, 0.4) is 0 Å². The second-order valence-corrected chi connectivity index (χ2v) is 4.50. The van der Waals surface area contributed by atoms with Gasteiger partial charge in [-0.3, -0.25) is 4.79 Å². The minimum atomic E-state index is -0.359. The van der Waals surface area contributed by atoms with Crippen LogP contribution in [0, 0.1) is 0 Å². The molecule has 0 saturated carbocycles. The quantitative estimate of drug-likeness (QED) is 0.854. The van der Waals surface area contributed by atoms with Gasteiger partial charge in [0.05, 0.1) is 12.7 Å². The van der Waals surface area contributed by atoms with Crippen molar-refractivity contribution in [1.82, 2.24) is 5.32 Å². The number of carbonyl (C=O) groups excluding carboxylic acids is 1. The van der Waals surface area contributed by atoms with Gasteiger partial charge in [-0.1, -0.05) is 18.2 Å². The van der Waals surface area contributed by atoms with E-state index in [-0.39, 0.29) is 18.1 Å². The van der Waals surface area contributed by atoms with E-state index in [0.29, 0.717) is 6.54 Å². The molecule has 1 atom stereocenters. The van der Waals surface area contributed by atoms with Crippen molar-refractivity contribution in [3.63, 3.8) is 0 Å². The van der Waals surface area contributed by atoms with Crippen LogP contribution in [0.4, 0.5) is 0 Å². The number of nitrogens with one attached hydrogen (secondary N) is 1. The van der Waals surface area contributed by atoms with Gasteiger partial charge in [0.15, 0.2) is 0 Å². The third kappa shape index (κ3) is 2.77. The van der Waals surface area contributed by atoms with E-state index in [1.54, 1.807) is 7.11 Å². The Kier molecular flexibility index (Phi) is 3.33. The van der Waals surface area contributed by atoms with Gasteiger partial charge in [-0.25, -0.2) is 0 Å². The predicted octanol–water partition coefficient (Wildman–Crippen LogP) is 1.14. The van der Waals surface area contributed by atoms with E-state index in [1.807, 2.05) is 31.2 Å². The maximum atomic E-state index is 11.1. The van der Waals surface area contributed by atoms with Gasteiger partial charge < -0.3 is 14.8 Å². The number of methoxy groups -OCH3 is 1. The van der Waals surface area contributed by atoms with Gasteiger partial charge >= 0.3 is 0 Å². The summed E-state index contributed by atoms with van der Waals surface area (Å²) in [6.45, 7) is 2.66. The van der Waals surface area contributed by atoms with Crippen LogP contribution >= 0.6 is 0 Å². The average molecular weight is 235 g/mol. The molecule has 1 aromatic carbocycles.